The average Bonchev–Trinajstić information content (AvgIpc) is 2.29. The summed E-state index contributed by atoms with van der Waals surface area (Å²) in [7, 11) is 0. The minimum atomic E-state index is 0.659. The van der Waals surface area contributed by atoms with Gasteiger partial charge in [0, 0.05) is 0 Å². The molecule has 0 aliphatic rings. The van der Waals surface area contributed by atoms with E-state index >= 15 is 0 Å². The highest BCUT2D eigenvalue weighted by Crippen LogP contribution is 2.11. The summed E-state index contributed by atoms with van der Waals surface area (Å²) in [5.74, 6) is 0.659. The van der Waals surface area contributed by atoms with E-state index in [1.54, 1.807) is 0 Å². The molecule has 2 rings (SSSR count). The van der Waals surface area contributed by atoms with Crippen LogP contribution in [0, 0.1) is 20.8 Å². The van der Waals surface area contributed by atoms with Crippen LogP contribution in [0.15, 0.2) is 48.5 Å². The second kappa shape index (κ2) is 7.00. The molecule has 2 aromatic rings. The first-order chi connectivity index (χ1) is 8.49. The van der Waals surface area contributed by atoms with Crippen LogP contribution in [-0.4, -0.2) is 0 Å². The zero-order valence-electron chi connectivity index (χ0n) is 12.2. The van der Waals surface area contributed by atoms with Crippen molar-refractivity contribution in [3.05, 3.63) is 70.8 Å². The molecule has 0 atom stereocenters. The monoisotopic (exact) mass is 240 g/mol. The van der Waals surface area contributed by atoms with Crippen LogP contribution in [0.3, 0.4) is 0 Å². The van der Waals surface area contributed by atoms with E-state index in [4.69, 9.17) is 0 Å². The lowest BCUT2D eigenvalue weighted by Gasteiger charge is -2.01. The minimum Gasteiger partial charge on any atom is -0.0622 e. The second-order valence-corrected chi connectivity index (χ2v) is 5.23. The van der Waals surface area contributed by atoms with Crippen molar-refractivity contribution in [2.24, 2.45) is 0 Å². The Morgan fingerprint density at radius 2 is 1.06 bits per heavy atom. The third kappa shape index (κ3) is 5.18. The van der Waals surface area contributed by atoms with Crippen LogP contribution in [0.5, 0.6) is 0 Å². The Balaban J connectivity index is 0.000000180. The highest BCUT2D eigenvalue weighted by molar-refractivity contribution is 5.27. The smallest absolute Gasteiger partial charge is 0.0219 e. The maximum atomic E-state index is 2.20. The van der Waals surface area contributed by atoms with Crippen molar-refractivity contribution < 1.29 is 0 Å². The molecule has 0 saturated heterocycles. The van der Waals surface area contributed by atoms with Crippen LogP contribution >= 0.6 is 0 Å². The van der Waals surface area contributed by atoms with E-state index in [2.05, 4.69) is 77.1 Å². The Bertz CT molecular complexity index is 416. The molecule has 0 N–H and O–H groups in total. The fraction of sp³-hybridized carbons (Fsp3) is 0.333. The summed E-state index contributed by atoms with van der Waals surface area (Å²) in [5, 5.41) is 0. The summed E-state index contributed by atoms with van der Waals surface area (Å²) in [6.45, 7) is 10.8. The number of benzene rings is 2. The van der Waals surface area contributed by atoms with E-state index in [0.29, 0.717) is 5.92 Å². The van der Waals surface area contributed by atoms with Crippen molar-refractivity contribution in [1.82, 2.24) is 0 Å². The second-order valence-electron chi connectivity index (χ2n) is 5.23. The molecule has 0 saturated carbocycles. The molecule has 0 heteroatoms. The topological polar surface area (TPSA) is 0 Å². The van der Waals surface area contributed by atoms with Crippen molar-refractivity contribution in [1.29, 1.82) is 0 Å². The van der Waals surface area contributed by atoms with Crippen LogP contribution in [0.4, 0.5) is 0 Å². The third-order valence-corrected chi connectivity index (χ3v) is 2.83. The SMILES string of the molecule is CC(C)c1ccccc1.Cc1cc(C)cc(C)c1. The average molecular weight is 240 g/mol. The van der Waals surface area contributed by atoms with Gasteiger partial charge in [0.25, 0.3) is 0 Å². The van der Waals surface area contributed by atoms with Gasteiger partial charge in [-0.1, -0.05) is 79.1 Å². The molecule has 2 aromatic carbocycles. The molecule has 0 aliphatic heterocycles. The van der Waals surface area contributed by atoms with E-state index in [9.17, 15) is 0 Å². The fourth-order valence-corrected chi connectivity index (χ4v) is 2.04. The molecule has 18 heavy (non-hydrogen) atoms. The summed E-state index contributed by atoms with van der Waals surface area (Å²) in [6, 6.07) is 17.1. The normalized spacial score (nSPS) is 9.89. The van der Waals surface area contributed by atoms with E-state index in [1.807, 2.05) is 6.07 Å². The van der Waals surface area contributed by atoms with Gasteiger partial charge in [-0.05, 0) is 32.3 Å². The molecule has 0 amide bonds. The minimum absolute atomic E-state index is 0.659. The molecule has 0 spiro atoms. The zero-order valence-corrected chi connectivity index (χ0v) is 12.2. The van der Waals surface area contributed by atoms with Crippen LogP contribution < -0.4 is 0 Å². The molecule has 0 aromatic heterocycles. The molecule has 96 valence electrons. The quantitative estimate of drug-likeness (QED) is 0.624. The lowest BCUT2D eigenvalue weighted by molar-refractivity contribution is 0.867. The summed E-state index contributed by atoms with van der Waals surface area (Å²) in [4.78, 5) is 0. The van der Waals surface area contributed by atoms with Gasteiger partial charge in [0.05, 0.1) is 0 Å². The zero-order chi connectivity index (χ0) is 13.5. The van der Waals surface area contributed by atoms with E-state index in [0.717, 1.165) is 0 Å². The number of aryl methyl sites for hydroxylation is 3. The largest absolute Gasteiger partial charge is 0.0622 e. The molecule has 0 aliphatic carbocycles. The van der Waals surface area contributed by atoms with Crippen LogP contribution in [0.1, 0.15) is 42.0 Å². The molecule has 0 fully saturated rings. The maximum Gasteiger partial charge on any atom is -0.0219 e. The third-order valence-electron chi connectivity index (χ3n) is 2.83. The molecule has 0 heterocycles. The Morgan fingerprint density at radius 1 is 0.667 bits per heavy atom. The van der Waals surface area contributed by atoms with Gasteiger partial charge >= 0.3 is 0 Å². The standard InChI is InChI=1S/2C9H12/c1-7-4-8(2)6-9(3)5-7;1-8(2)9-6-4-3-5-7-9/h4-6H,1-3H3;3-8H,1-2H3. The first kappa shape index (κ1) is 14.5. The van der Waals surface area contributed by atoms with Gasteiger partial charge in [-0.25, -0.2) is 0 Å². The van der Waals surface area contributed by atoms with E-state index < -0.39 is 0 Å². The predicted molar refractivity (Wildman–Crippen MR) is 81.2 cm³/mol. The van der Waals surface area contributed by atoms with Crippen LogP contribution in [-0.2, 0) is 0 Å². The van der Waals surface area contributed by atoms with Crippen molar-refractivity contribution >= 4 is 0 Å². The first-order valence-corrected chi connectivity index (χ1v) is 6.59. The highest BCUT2D eigenvalue weighted by Gasteiger charge is 1.93. The summed E-state index contributed by atoms with van der Waals surface area (Å²) >= 11 is 0. The van der Waals surface area contributed by atoms with Crippen molar-refractivity contribution in [3.8, 4) is 0 Å². The van der Waals surface area contributed by atoms with Gasteiger partial charge in [-0.3, -0.25) is 0 Å². The number of hydrogen-bond donors (Lipinski definition) is 0. The van der Waals surface area contributed by atoms with Crippen molar-refractivity contribution in [2.75, 3.05) is 0 Å². The Kier molecular flexibility index (Phi) is 5.64. The molecule has 0 unspecified atom stereocenters. The Morgan fingerprint density at radius 3 is 1.33 bits per heavy atom. The summed E-state index contributed by atoms with van der Waals surface area (Å²) < 4.78 is 0. The summed E-state index contributed by atoms with van der Waals surface area (Å²) in [6.07, 6.45) is 0. The fourth-order valence-electron chi connectivity index (χ4n) is 2.04. The maximum absolute atomic E-state index is 2.20. The van der Waals surface area contributed by atoms with Gasteiger partial charge in [0.15, 0.2) is 0 Å². The number of rotatable bonds is 1. The van der Waals surface area contributed by atoms with Crippen molar-refractivity contribution in [3.63, 3.8) is 0 Å². The Hall–Kier alpha value is -1.56. The number of hydrogen-bond acceptors (Lipinski definition) is 0. The van der Waals surface area contributed by atoms with Crippen LogP contribution in [0.2, 0.25) is 0 Å². The molecular weight excluding hydrogens is 216 g/mol. The van der Waals surface area contributed by atoms with E-state index in [-0.39, 0.29) is 0 Å². The molecule has 0 radical (unpaired) electrons. The van der Waals surface area contributed by atoms with Crippen molar-refractivity contribution in [2.45, 2.75) is 40.5 Å². The van der Waals surface area contributed by atoms with Crippen LogP contribution in [0.25, 0.3) is 0 Å². The van der Waals surface area contributed by atoms with E-state index in [1.165, 1.54) is 22.3 Å². The Labute approximate surface area is 112 Å². The lowest BCUT2D eigenvalue weighted by atomic mass is 10.0. The molecular formula is C18H24. The predicted octanol–water partition coefficient (Wildman–Crippen LogP) is 5.42. The van der Waals surface area contributed by atoms with Gasteiger partial charge in [0.2, 0.25) is 0 Å². The van der Waals surface area contributed by atoms with Gasteiger partial charge in [0.1, 0.15) is 0 Å². The van der Waals surface area contributed by atoms with Gasteiger partial charge in [-0.15, -0.1) is 0 Å². The lowest BCUT2D eigenvalue weighted by Crippen LogP contribution is -1.83. The molecule has 0 bridgehead atoms. The molecule has 0 nitrogen and oxygen atoms in total. The van der Waals surface area contributed by atoms with Gasteiger partial charge < -0.3 is 0 Å². The summed E-state index contributed by atoms with van der Waals surface area (Å²) in [5.41, 5.74) is 5.48. The first-order valence-electron chi connectivity index (χ1n) is 6.59. The highest BCUT2D eigenvalue weighted by atomic mass is 14.0. The van der Waals surface area contributed by atoms with Gasteiger partial charge in [-0.2, -0.15) is 0 Å².